The van der Waals surface area contributed by atoms with Gasteiger partial charge in [0.25, 0.3) is 5.91 Å². The molecule has 1 heterocycles. The number of benzene rings is 2. The number of rotatable bonds is 1. The van der Waals surface area contributed by atoms with E-state index in [9.17, 15) is 13.6 Å². The Morgan fingerprint density at radius 3 is 2.52 bits per heavy atom. The summed E-state index contributed by atoms with van der Waals surface area (Å²) in [5, 5.41) is 0. The van der Waals surface area contributed by atoms with Crippen LogP contribution in [0.5, 0.6) is 0 Å². The first-order chi connectivity index (χ1) is 10.1. The first-order valence-corrected chi connectivity index (χ1v) is 6.67. The number of halogens is 2. The second-order valence-corrected chi connectivity index (χ2v) is 5.10. The normalized spacial score (nSPS) is 13.9. The van der Waals surface area contributed by atoms with Gasteiger partial charge in [-0.2, -0.15) is 0 Å². The lowest BCUT2D eigenvalue weighted by Crippen LogP contribution is -2.36. The van der Waals surface area contributed by atoms with Crippen LogP contribution in [-0.4, -0.2) is 17.4 Å². The van der Waals surface area contributed by atoms with Gasteiger partial charge in [-0.15, -0.1) is 0 Å². The van der Waals surface area contributed by atoms with Crippen LogP contribution in [0, 0.1) is 11.6 Å². The van der Waals surface area contributed by atoms with Crippen LogP contribution in [-0.2, 0) is 13.0 Å². The zero-order valence-electron chi connectivity index (χ0n) is 11.3. The molecule has 0 radical (unpaired) electrons. The van der Waals surface area contributed by atoms with Gasteiger partial charge in [0.05, 0.1) is 5.56 Å². The molecule has 0 spiro atoms. The number of carbonyl (C=O) groups excluding carboxylic acids is 1. The highest BCUT2D eigenvalue weighted by molar-refractivity contribution is 5.99. The van der Waals surface area contributed by atoms with Crippen LogP contribution in [0.3, 0.4) is 0 Å². The maximum absolute atomic E-state index is 13.3. The average Bonchev–Trinajstić information content (AvgIpc) is 2.50. The Morgan fingerprint density at radius 1 is 1.10 bits per heavy atom. The van der Waals surface area contributed by atoms with E-state index in [4.69, 9.17) is 5.73 Å². The maximum Gasteiger partial charge on any atom is 0.256 e. The summed E-state index contributed by atoms with van der Waals surface area (Å²) in [4.78, 5) is 14.1. The molecule has 0 aliphatic carbocycles. The SMILES string of the molecule is Nc1cc(F)c(F)cc1C(=O)N1CCc2ccccc2C1. The lowest BCUT2D eigenvalue weighted by Gasteiger charge is -2.29. The molecule has 0 saturated carbocycles. The summed E-state index contributed by atoms with van der Waals surface area (Å²) in [7, 11) is 0. The number of nitrogens with two attached hydrogens (primary N) is 1. The van der Waals surface area contributed by atoms with Crippen LogP contribution in [0.15, 0.2) is 36.4 Å². The predicted molar refractivity (Wildman–Crippen MR) is 75.7 cm³/mol. The minimum absolute atomic E-state index is 0.00767. The molecule has 0 bridgehead atoms. The molecule has 3 nitrogen and oxygen atoms in total. The average molecular weight is 288 g/mol. The molecule has 1 aliphatic rings. The molecule has 1 amide bonds. The predicted octanol–water partition coefficient (Wildman–Crippen LogP) is 2.75. The number of amides is 1. The summed E-state index contributed by atoms with van der Waals surface area (Å²) in [5.41, 5.74) is 7.88. The first-order valence-electron chi connectivity index (χ1n) is 6.67. The fourth-order valence-electron chi connectivity index (χ4n) is 2.59. The topological polar surface area (TPSA) is 46.3 Å². The molecule has 108 valence electrons. The molecule has 2 N–H and O–H groups in total. The molecular formula is C16H14F2N2O. The molecule has 21 heavy (non-hydrogen) atoms. The minimum atomic E-state index is -1.06. The van der Waals surface area contributed by atoms with Gasteiger partial charge in [-0.25, -0.2) is 8.78 Å². The molecule has 0 aromatic heterocycles. The van der Waals surface area contributed by atoms with Crippen LogP contribution >= 0.6 is 0 Å². The van der Waals surface area contributed by atoms with Gasteiger partial charge in [-0.1, -0.05) is 24.3 Å². The number of nitrogen functional groups attached to an aromatic ring is 1. The largest absolute Gasteiger partial charge is 0.398 e. The van der Waals surface area contributed by atoms with Crippen molar-refractivity contribution in [1.29, 1.82) is 0 Å². The smallest absolute Gasteiger partial charge is 0.256 e. The fraction of sp³-hybridized carbons (Fsp3) is 0.188. The van der Waals surface area contributed by atoms with Gasteiger partial charge in [-0.05, 0) is 23.6 Å². The number of hydrogen-bond acceptors (Lipinski definition) is 2. The quantitative estimate of drug-likeness (QED) is 0.820. The summed E-state index contributed by atoms with van der Waals surface area (Å²) in [6, 6.07) is 9.59. The van der Waals surface area contributed by atoms with Crippen molar-refractivity contribution >= 4 is 11.6 Å². The maximum atomic E-state index is 13.3. The van der Waals surface area contributed by atoms with E-state index in [0.29, 0.717) is 13.1 Å². The molecule has 0 atom stereocenters. The highest BCUT2D eigenvalue weighted by atomic mass is 19.2. The van der Waals surface area contributed by atoms with E-state index in [-0.39, 0.29) is 17.2 Å². The molecular weight excluding hydrogens is 274 g/mol. The van der Waals surface area contributed by atoms with Crippen LogP contribution in [0.2, 0.25) is 0 Å². The third kappa shape index (κ3) is 2.46. The standard InChI is InChI=1S/C16H14F2N2O/c17-13-7-12(15(19)8-14(13)18)16(21)20-6-5-10-3-1-2-4-11(10)9-20/h1-4,7-8H,5-6,9,19H2. The Hall–Kier alpha value is -2.43. The fourth-order valence-corrected chi connectivity index (χ4v) is 2.59. The van der Waals surface area contributed by atoms with Gasteiger partial charge in [0.15, 0.2) is 11.6 Å². The number of carbonyl (C=O) groups is 1. The van der Waals surface area contributed by atoms with E-state index in [0.717, 1.165) is 24.1 Å². The Labute approximate surface area is 121 Å². The Kier molecular flexibility index (Phi) is 3.33. The monoisotopic (exact) mass is 288 g/mol. The van der Waals surface area contributed by atoms with E-state index in [1.807, 2.05) is 24.3 Å². The Morgan fingerprint density at radius 2 is 1.76 bits per heavy atom. The van der Waals surface area contributed by atoms with E-state index in [1.54, 1.807) is 4.90 Å². The van der Waals surface area contributed by atoms with Crippen molar-refractivity contribution in [2.45, 2.75) is 13.0 Å². The zero-order chi connectivity index (χ0) is 15.0. The first kappa shape index (κ1) is 13.5. The Balaban J connectivity index is 1.89. The third-order valence-electron chi connectivity index (χ3n) is 3.74. The van der Waals surface area contributed by atoms with Gasteiger partial charge in [-0.3, -0.25) is 4.79 Å². The van der Waals surface area contributed by atoms with Crippen molar-refractivity contribution in [3.63, 3.8) is 0 Å². The summed E-state index contributed by atoms with van der Waals surface area (Å²) < 4.78 is 26.4. The van der Waals surface area contributed by atoms with Gasteiger partial charge < -0.3 is 10.6 Å². The highest BCUT2D eigenvalue weighted by Gasteiger charge is 2.24. The molecule has 1 aliphatic heterocycles. The van der Waals surface area contributed by atoms with Crippen molar-refractivity contribution in [3.05, 3.63) is 64.7 Å². The van der Waals surface area contributed by atoms with Crippen LogP contribution in [0.4, 0.5) is 14.5 Å². The van der Waals surface area contributed by atoms with Crippen molar-refractivity contribution in [3.8, 4) is 0 Å². The van der Waals surface area contributed by atoms with Gasteiger partial charge >= 0.3 is 0 Å². The summed E-state index contributed by atoms with van der Waals surface area (Å²) in [6.45, 7) is 0.988. The minimum Gasteiger partial charge on any atom is -0.398 e. The number of anilines is 1. The Bertz CT molecular complexity index is 715. The summed E-state index contributed by atoms with van der Waals surface area (Å²) in [5.74, 6) is -2.49. The lowest BCUT2D eigenvalue weighted by atomic mass is 9.99. The molecule has 0 saturated heterocycles. The lowest BCUT2D eigenvalue weighted by molar-refractivity contribution is 0.0735. The van der Waals surface area contributed by atoms with Gasteiger partial charge in [0.1, 0.15) is 0 Å². The molecule has 3 rings (SSSR count). The molecule has 0 fully saturated rings. The summed E-state index contributed by atoms with van der Waals surface area (Å²) >= 11 is 0. The van der Waals surface area contributed by atoms with Crippen molar-refractivity contribution in [1.82, 2.24) is 4.90 Å². The van der Waals surface area contributed by atoms with Crippen molar-refractivity contribution < 1.29 is 13.6 Å². The second kappa shape index (κ2) is 5.16. The number of nitrogens with zero attached hydrogens (tertiary/aromatic N) is 1. The third-order valence-corrected chi connectivity index (χ3v) is 3.74. The van der Waals surface area contributed by atoms with E-state index in [1.165, 1.54) is 5.56 Å². The number of fused-ring (bicyclic) bond motifs is 1. The highest BCUT2D eigenvalue weighted by Crippen LogP contribution is 2.23. The van der Waals surface area contributed by atoms with Crippen molar-refractivity contribution in [2.24, 2.45) is 0 Å². The second-order valence-electron chi connectivity index (χ2n) is 5.10. The van der Waals surface area contributed by atoms with Gasteiger partial charge in [0, 0.05) is 24.8 Å². The van der Waals surface area contributed by atoms with E-state index >= 15 is 0 Å². The van der Waals surface area contributed by atoms with Gasteiger partial charge in [0.2, 0.25) is 0 Å². The van der Waals surface area contributed by atoms with Crippen LogP contribution in [0.1, 0.15) is 21.5 Å². The summed E-state index contributed by atoms with van der Waals surface area (Å²) in [6.07, 6.45) is 0.742. The molecule has 0 unspecified atom stereocenters. The molecule has 5 heteroatoms. The van der Waals surface area contributed by atoms with E-state index in [2.05, 4.69) is 0 Å². The molecule has 2 aromatic carbocycles. The van der Waals surface area contributed by atoms with Crippen molar-refractivity contribution in [2.75, 3.05) is 12.3 Å². The van der Waals surface area contributed by atoms with Crippen LogP contribution < -0.4 is 5.73 Å². The zero-order valence-corrected chi connectivity index (χ0v) is 11.3. The molecule has 2 aromatic rings. The van der Waals surface area contributed by atoms with E-state index < -0.39 is 11.6 Å². The van der Waals surface area contributed by atoms with Crippen LogP contribution in [0.25, 0.3) is 0 Å². The number of hydrogen-bond donors (Lipinski definition) is 1.